The van der Waals surface area contributed by atoms with Gasteiger partial charge in [0, 0.05) is 17.7 Å². The number of amides is 2. The third kappa shape index (κ3) is 5.61. The molecule has 0 saturated carbocycles. The first-order valence-electron chi connectivity index (χ1n) is 8.98. The number of hydrogen-bond acceptors (Lipinski definition) is 6. The van der Waals surface area contributed by atoms with Gasteiger partial charge in [0.25, 0.3) is 0 Å². The van der Waals surface area contributed by atoms with Gasteiger partial charge in [0.15, 0.2) is 11.0 Å². The maximum atomic E-state index is 12.3. The molecule has 1 unspecified atom stereocenters. The Labute approximate surface area is 172 Å². The molecule has 0 spiro atoms. The minimum absolute atomic E-state index is 0.0127. The fourth-order valence-electron chi connectivity index (χ4n) is 2.64. The number of nitrogens with one attached hydrogen (secondary N) is 2. The molecule has 3 rings (SSSR count). The first kappa shape index (κ1) is 20.5. The zero-order chi connectivity index (χ0) is 20.8. The van der Waals surface area contributed by atoms with Gasteiger partial charge < -0.3 is 10.6 Å². The number of carbonyl (C=O) groups excluding carboxylic acids is 3. The maximum absolute atomic E-state index is 12.3. The van der Waals surface area contributed by atoms with Crippen molar-refractivity contribution in [2.75, 3.05) is 5.32 Å². The highest BCUT2D eigenvalue weighted by atomic mass is 32.2. The summed E-state index contributed by atoms with van der Waals surface area (Å²) in [7, 11) is 0. The molecular weight excluding hydrogens is 388 g/mol. The van der Waals surface area contributed by atoms with Crippen molar-refractivity contribution in [1.29, 1.82) is 0 Å². The van der Waals surface area contributed by atoms with Crippen LogP contribution in [0, 0.1) is 0 Å². The number of Topliss-reactive ketones (excluding diaryl/α,β-unsaturated/α-hetero) is 1. The molecule has 0 bridgehead atoms. The van der Waals surface area contributed by atoms with E-state index in [1.54, 1.807) is 24.3 Å². The van der Waals surface area contributed by atoms with E-state index < -0.39 is 5.25 Å². The first-order valence-corrected chi connectivity index (χ1v) is 9.86. The standard InChI is InChI=1S/C21H20N4O3S/c1-13(15-7-4-3-5-8-15)24-25-21-23-20(28)18(29-21)12-19(27)22-17-10-6-9-16(11-17)14(2)26/h3-11,18H,12H2,1-2H3,(H,22,27)(H,23,25,28). The van der Waals surface area contributed by atoms with Crippen LogP contribution in [0.2, 0.25) is 0 Å². The van der Waals surface area contributed by atoms with Crippen molar-refractivity contribution >= 4 is 45.9 Å². The molecule has 1 aliphatic heterocycles. The second kappa shape index (κ2) is 9.29. The van der Waals surface area contributed by atoms with Crippen LogP contribution in [-0.4, -0.2) is 33.7 Å². The monoisotopic (exact) mass is 408 g/mol. The minimum atomic E-state index is -0.586. The van der Waals surface area contributed by atoms with Crippen LogP contribution in [0.1, 0.15) is 36.2 Å². The number of anilines is 1. The highest BCUT2D eigenvalue weighted by Gasteiger charge is 2.32. The van der Waals surface area contributed by atoms with E-state index in [4.69, 9.17) is 0 Å². The Balaban J connectivity index is 1.60. The van der Waals surface area contributed by atoms with Crippen LogP contribution in [-0.2, 0) is 9.59 Å². The topological polar surface area (TPSA) is 100.0 Å². The molecule has 2 amide bonds. The average Bonchev–Trinajstić information content (AvgIpc) is 3.06. The van der Waals surface area contributed by atoms with Crippen molar-refractivity contribution in [3.63, 3.8) is 0 Å². The maximum Gasteiger partial charge on any atom is 0.240 e. The number of nitrogens with zero attached hydrogens (tertiary/aromatic N) is 2. The molecule has 1 atom stereocenters. The number of thioether (sulfide) groups is 1. The van der Waals surface area contributed by atoms with Crippen LogP contribution in [0.15, 0.2) is 64.8 Å². The lowest BCUT2D eigenvalue weighted by Gasteiger charge is -2.08. The zero-order valence-electron chi connectivity index (χ0n) is 16.0. The van der Waals surface area contributed by atoms with Crippen LogP contribution < -0.4 is 10.6 Å². The molecule has 0 aliphatic carbocycles. The second-order valence-electron chi connectivity index (χ2n) is 6.44. The molecule has 2 aromatic rings. The summed E-state index contributed by atoms with van der Waals surface area (Å²) in [5.41, 5.74) is 2.69. The van der Waals surface area contributed by atoms with Crippen LogP contribution in [0.4, 0.5) is 5.69 Å². The van der Waals surface area contributed by atoms with Gasteiger partial charge in [0.05, 0.1) is 5.71 Å². The largest absolute Gasteiger partial charge is 0.326 e. The Morgan fingerprint density at radius 3 is 2.52 bits per heavy atom. The van der Waals surface area contributed by atoms with Gasteiger partial charge in [0.2, 0.25) is 11.8 Å². The van der Waals surface area contributed by atoms with Gasteiger partial charge in [-0.1, -0.05) is 54.2 Å². The third-order valence-corrected chi connectivity index (χ3v) is 5.25. The highest BCUT2D eigenvalue weighted by Crippen LogP contribution is 2.23. The summed E-state index contributed by atoms with van der Waals surface area (Å²) in [5.74, 6) is -0.684. The lowest BCUT2D eigenvalue weighted by molar-refractivity contribution is -0.122. The molecule has 29 heavy (non-hydrogen) atoms. The zero-order valence-corrected chi connectivity index (χ0v) is 16.8. The van der Waals surface area contributed by atoms with Crippen LogP contribution >= 0.6 is 11.8 Å². The number of benzene rings is 2. The SMILES string of the molecule is CC(=O)c1cccc(NC(=O)CC2SC(=NN=C(C)c3ccccc3)NC2=O)c1. The first-order chi connectivity index (χ1) is 13.9. The van der Waals surface area contributed by atoms with Crippen molar-refractivity contribution in [3.05, 3.63) is 65.7 Å². The Morgan fingerprint density at radius 1 is 1.07 bits per heavy atom. The lowest BCUT2D eigenvalue weighted by atomic mass is 10.1. The number of hydrogen-bond donors (Lipinski definition) is 2. The molecule has 8 heteroatoms. The average molecular weight is 408 g/mol. The number of amidine groups is 1. The van der Waals surface area contributed by atoms with Crippen molar-refractivity contribution in [2.45, 2.75) is 25.5 Å². The number of ketones is 1. The molecule has 148 valence electrons. The van der Waals surface area contributed by atoms with E-state index in [-0.39, 0.29) is 24.0 Å². The third-order valence-electron chi connectivity index (χ3n) is 4.18. The van der Waals surface area contributed by atoms with E-state index in [0.717, 1.165) is 11.3 Å². The summed E-state index contributed by atoms with van der Waals surface area (Å²) in [4.78, 5) is 35.9. The summed E-state index contributed by atoms with van der Waals surface area (Å²) < 4.78 is 0. The van der Waals surface area contributed by atoms with E-state index >= 15 is 0 Å². The summed E-state index contributed by atoms with van der Waals surface area (Å²) in [5, 5.41) is 13.4. The highest BCUT2D eigenvalue weighted by molar-refractivity contribution is 8.15. The van der Waals surface area contributed by atoms with Gasteiger partial charge in [-0.2, -0.15) is 5.10 Å². The molecular formula is C21H20N4O3S. The van der Waals surface area contributed by atoms with E-state index in [1.165, 1.54) is 18.7 Å². The van der Waals surface area contributed by atoms with Crippen LogP contribution in [0.5, 0.6) is 0 Å². The van der Waals surface area contributed by atoms with Crippen molar-refractivity contribution in [2.24, 2.45) is 10.2 Å². The smallest absolute Gasteiger partial charge is 0.240 e. The molecule has 0 radical (unpaired) electrons. The molecule has 7 nitrogen and oxygen atoms in total. The van der Waals surface area contributed by atoms with Gasteiger partial charge >= 0.3 is 0 Å². The fraction of sp³-hybridized carbons (Fsp3) is 0.190. The Hall–Kier alpha value is -3.26. The van der Waals surface area contributed by atoms with Gasteiger partial charge in [-0.3, -0.25) is 14.4 Å². The van der Waals surface area contributed by atoms with Crippen LogP contribution in [0.3, 0.4) is 0 Å². The molecule has 1 aliphatic rings. The van der Waals surface area contributed by atoms with Crippen LogP contribution in [0.25, 0.3) is 0 Å². The molecule has 2 aromatic carbocycles. The Bertz CT molecular complexity index is 1000. The molecule has 1 saturated heterocycles. The van der Waals surface area contributed by atoms with Gasteiger partial charge in [-0.05, 0) is 31.5 Å². The van der Waals surface area contributed by atoms with Crippen molar-refractivity contribution in [3.8, 4) is 0 Å². The molecule has 0 aromatic heterocycles. The molecule has 1 fully saturated rings. The van der Waals surface area contributed by atoms with Crippen molar-refractivity contribution in [1.82, 2.24) is 5.32 Å². The summed E-state index contributed by atoms with van der Waals surface area (Å²) in [6, 6.07) is 16.3. The minimum Gasteiger partial charge on any atom is -0.326 e. The number of rotatable bonds is 6. The van der Waals surface area contributed by atoms with E-state index in [2.05, 4.69) is 20.8 Å². The van der Waals surface area contributed by atoms with E-state index in [1.807, 2.05) is 37.3 Å². The summed E-state index contributed by atoms with van der Waals surface area (Å²) in [6.45, 7) is 3.30. The number of carbonyl (C=O) groups is 3. The normalized spacial score (nSPS) is 17.9. The summed E-state index contributed by atoms with van der Waals surface area (Å²) >= 11 is 1.17. The Kier molecular flexibility index (Phi) is 6.56. The molecule has 1 heterocycles. The van der Waals surface area contributed by atoms with Gasteiger partial charge in [-0.15, -0.1) is 5.10 Å². The fourth-order valence-corrected chi connectivity index (χ4v) is 3.56. The summed E-state index contributed by atoms with van der Waals surface area (Å²) in [6.07, 6.45) is -0.0127. The van der Waals surface area contributed by atoms with E-state index in [0.29, 0.717) is 16.4 Å². The molecule has 2 N–H and O–H groups in total. The Morgan fingerprint density at radius 2 is 1.79 bits per heavy atom. The van der Waals surface area contributed by atoms with Crippen molar-refractivity contribution < 1.29 is 14.4 Å². The lowest BCUT2D eigenvalue weighted by Crippen LogP contribution is -2.28. The van der Waals surface area contributed by atoms with E-state index in [9.17, 15) is 14.4 Å². The quantitative estimate of drug-likeness (QED) is 0.435. The second-order valence-corrected chi connectivity index (χ2v) is 7.63. The van der Waals surface area contributed by atoms with Gasteiger partial charge in [0.1, 0.15) is 5.25 Å². The predicted molar refractivity (Wildman–Crippen MR) is 115 cm³/mol. The predicted octanol–water partition coefficient (Wildman–Crippen LogP) is 3.23. The van der Waals surface area contributed by atoms with Gasteiger partial charge in [-0.25, -0.2) is 0 Å².